The van der Waals surface area contributed by atoms with E-state index in [9.17, 15) is 0 Å². The summed E-state index contributed by atoms with van der Waals surface area (Å²) in [5.74, 6) is 2.39. The summed E-state index contributed by atoms with van der Waals surface area (Å²) in [6.45, 7) is 8.87. The minimum absolute atomic E-state index is 0. The Morgan fingerprint density at radius 3 is 2.55 bits per heavy atom. The zero-order valence-corrected chi connectivity index (χ0v) is 16.8. The number of guanidine groups is 1. The van der Waals surface area contributed by atoms with Gasteiger partial charge in [-0.15, -0.1) is 24.0 Å². The van der Waals surface area contributed by atoms with Crippen LogP contribution in [0.3, 0.4) is 0 Å². The highest BCUT2D eigenvalue weighted by Gasteiger charge is 2.13. The molecule has 1 rings (SSSR count). The fourth-order valence-electron chi connectivity index (χ4n) is 2.14. The first-order chi connectivity index (χ1) is 10.0. The second-order valence-electron chi connectivity index (χ2n) is 5.90. The Bertz CT molecular complexity index is 404. The fraction of sp³-hybridized carbons (Fsp3) is 0.688. The van der Waals surface area contributed by atoms with Crippen LogP contribution in [0, 0.1) is 5.92 Å². The second kappa shape index (κ2) is 11.8. The molecule has 0 spiro atoms. The molecule has 1 aromatic rings. The Kier molecular flexibility index (Phi) is 11.4. The molecule has 0 aliphatic carbocycles. The first kappa shape index (κ1) is 21.2. The topological polar surface area (TPSA) is 52.8 Å². The van der Waals surface area contributed by atoms with Gasteiger partial charge in [0.25, 0.3) is 0 Å². The zero-order chi connectivity index (χ0) is 15.7. The summed E-state index contributed by atoms with van der Waals surface area (Å²) in [6.07, 6.45) is 2.84. The third-order valence-corrected chi connectivity index (χ3v) is 3.30. The maximum absolute atomic E-state index is 5.31. The van der Waals surface area contributed by atoms with E-state index in [0.29, 0.717) is 18.5 Å². The van der Waals surface area contributed by atoms with Crippen LogP contribution in [-0.4, -0.2) is 44.1 Å². The number of likely N-dealkylation sites (N-methyl/N-ethyl adjacent to an activating group) is 1. The van der Waals surface area contributed by atoms with Crippen LogP contribution < -0.4 is 10.6 Å². The maximum Gasteiger partial charge on any atom is 0.191 e. The minimum atomic E-state index is 0. The first-order valence-electron chi connectivity index (χ1n) is 7.73. The monoisotopic (exact) mass is 422 g/mol. The molecule has 0 amide bonds. The van der Waals surface area contributed by atoms with Crippen LogP contribution >= 0.6 is 24.0 Å². The van der Waals surface area contributed by atoms with Crippen molar-refractivity contribution in [3.63, 3.8) is 0 Å². The summed E-state index contributed by atoms with van der Waals surface area (Å²) in [5.41, 5.74) is 0. The Labute approximate surface area is 152 Å². The van der Waals surface area contributed by atoms with E-state index in [2.05, 4.69) is 55.4 Å². The van der Waals surface area contributed by atoms with Crippen LogP contribution in [0.15, 0.2) is 27.8 Å². The number of halogens is 1. The van der Waals surface area contributed by atoms with Crippen molar-refractivity contribution in [2.75, 3.05) is 27.2 Å². The molecule has 6 heteroatoms. The molecule has 1 unspecified atom stereocenters. The maximum atomic E-state index is 5.31. The lowest BCUT2D eigenvalue weighted by molar-refractivity contribution is 0.254. The number of aliphatic imine (C=N–C) groups is 1. The molecule has 1 heterocycles. The first-order valence-corrected chi connectivity index (χ1v) is 7.73. The van der Waals surface area contributed by atoms with E-state index in [-0.39, 0.29) is 24.0 Å². The lowest BCUT2D eigenvalue weighted by Gasteiger charge is -2.27. The Balaban J connectivity index is 0.00000441. The smallest absolute Gasteiger partial charge is 0.191 e. The number of rotatable bonds is 8. The largest absolute Gasteiger partial charge is 0.467 e. The van der Waals surface area contributed by atoms with Gasteiger partial charge in [-0.25, -0.2) is 4.99 Å². The molecule has 0 aromatic carbocycles. The predicted octanol–water partition coefficient (Wildman–Crippen LogP) is 2.93. The Morgan fingerprint density at radius 2 is 2.05 bits per heavy atom. The molecule has 128 valence electrons. The molecule has 0 fully saturated rings. The van der Waals surface area contributed by atoms with Crippen molar-refractivity contribution >= 4 is 29.9 Å². The van der Waals surface area contributed by atoms with Crippen LogP contribution in [0.5, 0.6) is 0 Å². The van der Waals surface area contributed by atoms with Gasteiger partial charge in [0, 0.05) is 19.1 Å². The van der Waals surface area contributed by atoms with E-state index < -0.39 is 0 Å². The van der Waals surface area contributed by atoms with Crippen molar-refractivity contribution in [2.45, 2.75) is 39.8 Å². The fourth-order valence-corrected chi connectivity index (χ4v) is 2.14. The van der Waals surface area contributed by atoms with Crippen LogP contribution in [0.25, 0.3) is 0 Å². The predicted molar refractivity (Wildman–Crippen MR) is 104 cm³/mol. The van der Waals surface area contributed by atoms with Crippen LogP contribution in [0.2, 0.25) is 0 Å². The second-order valence-corrected chi connectivity index (χ2v) is 5.90. The van der Waals surface area contributed by atoms with Crippen LogP contribution in [0.1, 0.15) is 33.0 Å². The molecule has 0 radical (unpaired) electrons. The minimum Gasteiger partial charge on any atom is -0.467 e. The highest BCUT2D eigenvalue weighted by Crippen LogP contribution is 2.08. The van der Waals surface area contributed by atoms with Gasteiger partial charge in [0.15, 0.2) is 5.96 Å². The van der Waals surface area contributed by atoms with Crippen molar-refractivity contribution in [2.24, 2.45) is 10.9 Å². The SMILES string of the molecule is CCNC(=NCc1ccco1)NCC(CC(C)C)N(C)C.I. The third kappa shape index (κ3) is 8.63. The van der Waals surface area contributed by atoms with Crippen molar-refractivity contribution in [1.29, 1.82) is 0 Å². The molecule has 1 aromatic heterocycles. The molecular formula is C16H31IN4O. The number of nitrogens with zero attached hydrogens (tertiary/aromatic N) is 2. The summed E-state index contributed by atoms with van der Waals surface area (Å²) in [5, 5.41) is 6.70. The normalized spacial score (nSPS) is 13.1. The van der Waals surface area contributed by atoms with Crippen molar-refractivity contribution < 1.29 is 4.42 Å². The molecule has 0 aliphatic heterocycles. The molecule has 1 atom stereocenters. The van der Waals surface area contributed by atoms with Crippen molar-refractivity contribution in [3.05, 3.63) is 24.2 Å². The van der Waals surface area contributed by atoms with E-state index in [1.807, 2.05) is 12.1 Å². The van der Waals surface area contributed by atoms with Gasteiger partial charge in [-0.1, -0.05) is 13.8 Å². The standard InChI is InChI=1S/C16H30N4O.HI/c1-6-17-16(19-12-15-8-7-9-21-15)18-11-14(20(4)5)10-13(2)3;/h7-9,13-14H,6,10-12H2,1-5H3,(H2,17,18,19);1H. The molecule has 0 bridgehead atoms. The molecule has 0 aliphatic rings. The molecular weight excluding hydrogens is 391 g/mol. The summed E-state index contributed by atoms with van der Waals surface area (Å²) in [6, 6.07) is 4.32. The number of hydrogen-bond donors (Lipinski definition) is 2. The molecule has 22 heavy (non-hydrogen) atoms. The summed E-state index contributed by atoms with van der Waals surface area (Å²) < 4.78 is 5.31. The van der Waals surface area contributed by atoms with Gasteiger partial charge in [0.2, 0.25) is 0 Å². The lowest BCUT2D eigenvalue weighted by Crippen LogP contribution is -2.45. The summed E-state index contributed by atoms with van der Waals surface area (Å²) >= 11 is 0. The summed E-state index contributed by atoms with van der Waals surface area (Å²) in [4.78, 5) is 6.82. The highest BCUT2D eigenvalue weighted by molar-refractivity contribution is 14.0. The quantitative estimate of drug-likeness (QED) is 0.384. The number of furan rings is 1. The van der Waals surface area contributed by atoms with E-state index in [4.69, 9.17) is 4.42 Å². The Morgan fingerprint density at radius 1 is 1.32 bits per heavy atom. The average molecular weight is 422 g/mol. The van der Waals surface area contributed by atoms with Gasteiger partial charge in [-0.05, 0) is 45.5 Å². The van der Waals surface area contributed by atoms with Gasteiger partial charge in [0.1, 0.15) is 12.3 Å². The Hall–Kier alpha value is -0.760. The number of hydrogen-bond acceptors (Lipinski definition) is 3. The van der Waals surface area contributed by atoms with E-state index >= 15 is 0 Å². The van der Waals surface area contributed by atoms with Crippen molar-refractivity contribution in [3.8, 4) is 0 Å². The van der Waals surface area contributed by atoms with Gasteiger partial charge >= 0.3 is 0 Å². The van der Waals surface area contributed by atoms with Crippen LogP contribution in [-0.2, 0) is 6.54 Å². The number of nitrogens with one attached hydrogen (secondary N) is 2. The highest BCUT2D eigenvalue weighted by atomic mass is 127. The zero-order valence-electron chi connectivity index (χ0n) is 14.4. The molecule has 2 N–H and O–H groups in total. The van der Waals surface area contributed by atoms with Crippen molar-refractivity contribution in [1.82, 2.24) is 15.5 Å². The van der Waals surface area contributed by atoms with Crippen LogP contribution in [0.4, 0.5) is 0 Å². The van der Waals surface area contributed by atoms with Gasteiger partial charge in [0.05, 0.1) is 6.26 Å². The molecule has 0 saturated heterocycles. The van der Waals surface area contributed by atoms with Gasteiger partial charge < -0.3 is 20.0 Å². The van der Waals surface area contributed by atoms with E-state index in [1.54, 1.807) is 6.26 Å². The average Bonchev–Trinajstić information content (AvgIpc) is 2.92. The molecule has 0 saturated carbocycles. The van der Waals surface area contributed by atoms with E-state index in [1.165, 1.54) is 0 Å². The van der Waals surface area contributed by atoms with E-state index in [0.717, 1.165) is 31.2 Å². The van der Waals surface area contributed by atoms with Gasteiger partial charge in [-0.3, -0.25) is 0 Å². The molecule has 5 nitrogen and oxygen atoms in total. The van der Waals surface area contributed by atoms with Gasteiger partial charge in [-0.2, -0.15) is 0 Å². The lowest BCUT2D eigenvalue weighted by atomic mass is 10.0. The summed E-state index contributed by atoms with van der Waals surface area (Å²) in [7, 11) is 4.25. The third-order valence-electron chi connectivity index (χ3n) is 3.30.